The number of aryl methyl sites for hydroxylation is 1. The molecule has 4 nitrogen and oxygen atoms in total. The van der Waals surface area contributed by atoms with E-state index in [1.54, 1.807) is 6.92 Å². The lowest BCUT2D eigenvalue weighted by Gasteiger charge is -2.29. The van der Waals surface area contributed by atoms with Crippen LogP contribution in [0, 0.1) is 0 Å². The second kappa shape index (κ2) is 5.19. The predicted octanol–water partition coefficient (Wildman–Crippen LogP) is 1.34. The molecular formula is C13H17NO3. The van der Waals surface area contributed by atoms with Crippen molar-refractivity contribution < 1.29 is 14.6 Å². The van der Waals surface area contributed by atoms with Crippen LogP contribution in [0.2, 0.25) is 0 Å². The zero-order chi connectivity index (χ0) is 12.3. The minimum Gasteiger partial charge on any atom is -0.464 e. The molecule has 1 heterocycles. The molecule has 0 fully saturated rings. The molecule has 92 valence electrons. The molecule has 0 radical (unpaired) electrons. The summed E-state index contributed by atoms with van der Waals surface area (Å²) in [5.41, 5.74) is 2.21. The number of para-hydroxylation sites is 1. The highest BCUT2D eigenvalue weighted by molar-refractivity contribution is 5.76. The molecule has 2 rings (SSSR count). The van der Waals surface area contributed by atoms with Crippen LogP contribution in [-0.2, 0) is 16.0 Å². The number of ether oxygens (including phenoxy) is 1. The summed E-state index contributed by atoms with van der Waals surface area (Å²) in [6, 6.07) is 7.67. The summed E-state index contributed by atoms with van der Waals surface area (Å²) >= 11 is 0. The summed E-state index contributed by atoms with van der Waals surface area (Å²) in [5, 5.41) is 13.0. The highest BCUT2D eigenvalue weighted by Crippen LogP contribution is 2.25. The molecule has 1 aromatic carbocycles. The highest BCUT2D eigenvalue weighted by Gasteiger charge is 2.29. The Balaban J connectivity index is 2.04. The third kappa shape index (κ3) is 2.58. The minimum absolute atomic E-state index is 0.260. The number of rotatable bonds is 3. The summed E-state index contributed by atoms with van der Waals surface area (Å²) in [5.74, 6) is -0.551. The van der Waals surface area contributed by atoms with Crippen molar-refractivity contribution in [1.82, 2.24) is 0 Å². The largest absolute Gasteiger partial charge is 0.464 e. The van der Waals surface area contributed by atoms with Crippen molar-refractivity contribution in [1.29, 1.82) is 0 Å². The molecule has 0 bridgehead atoms. The first-order valence-electron chi connectivity index (χ1n) is 5.91. The van der Waals surface area contributed by atoms with Crippen LogP contribution in [-0.4, -0.2) is 29.8 Å². The zero-order valence-corrected chi connectivity index (χ0v) is 9.85. The van der Waals surface area contributed by atoms with Gasteiger partial charge < -0.3 is 15.2 Å². The van der Waals surface area contributed by atoms with E-state index < -0.39 is 12.1 Å². The Labute approximate surface area is 101 Å². The van der Waals surface area contributed by atoms with Gasteiger partial charge in [0.25, 0.3) is 0 Å². The van der Waals surface area contributed by atoms with Gasteiger partial charge in [0.2, 0.25) is 0 Å². The Morgan fingerprint density at radius 2 is 2.35 bits per heavy atom. The molecule has 2 N–H and O–H groups in total. The first-order chi connectivity index (χ1) is 8.22. The number of fused-ring (bicyclic) bond motifs is 1. The van der Waals surface area contributed by atoms with Crippen LogP contribution in [0.15, 0.2) is 24.3 Å². The third-order valence-electron chi connectivity index (χ3n) is 2.99. The van der Waals surface area contributed by atoms with Gasteiger partial charge in [0.1, 0.15) is 0 Å². The van der Waals surface area contributed by atoms with Crippen molar-refractivity contribution in [2.45, 2.75) is 31.9 Å². The van der Waals surface area contributed by atoms with Gasteiger partial charge in [0.05, 0.1) is 12.6 Å². The van der Waals surface area contributed by atoms with Gasteiger partial charge in [-0.3, -0.25) is 0 Å². The quantitative estimate of drug-likeness (QED) is 0.776. The maximum Gasteiger partial charge on any atom is 0.337 e. The Hall–Kier alpha value is -1.55. The van der Waals surface area contributed by atoms with Gasteiger partial charge in [0.15, 0.2) is 6.10 Å². The number of hydrogen-bond acceptors (Lipinski definition) is 4. The molecule has 0 spiro atoms. The number of carbonyl (C=O) groups excluding carboxylic acids is 1. The van der Waals surface area contributed by atoms with E-state index in [9.17, 15) is 9.90 Å². The number of esters is 1. The first kappa shape index (κ1) is 11.9. The molecule has 0 aliphatic carbocycles. The molecule has 17 heavy (non-hydrogen) atoms. The van der Waals surface area contributed by atoms with E-state index in [0.29, 0.717) is 6.61 Å². The fourth-order valence-corrected chi connectivity index (χ4v) is 2.09. The van der Waals surface area contributed by atoms with Crippen LogP contribution in [0.25, 0.3) is 0 Å². The number of hydrogen-bond donors (Lipinski definition) is 2. The van der Waals surface area contributed by atoms with E-state index in [1.165, 1.54) is 5.56 Å². The smallest absolute Gasteiger partial charge is 0.337 e. The SMILES string of the molecule is CCOC(=O)C(O)C1CCc2ccccc2N1. The summed E-state index contributed by atoms with van der Waals surface area (Å²) in [7, 11) is 0. The van der Waals surface area contributed by atoms with Gasteiger partial charge in [-0.1, -0.05) is 18.2 Å². The Morgan fingerprint density at radius 1 is 1.59 bits per heavy atom. The van der Waals surface area contributed by atoms with E-state index in [2.05, 4.69) is 11.4 Å². The van der Waals surface area contributed by atoms with E-state index in [0.717, 1.165) is 18.5 Å². The standard InChI is InChI=1S/C13H17NO3/c1-2-17-13(16)12(15)11-8-7-9-5-3-4-6-10(9)14-11/h3-6,11-12,14-15H,2,7-8H2,1H3. The monoisotopic (exact) mass is 235 g/mol. The van der Waals surface area contributed by atoms with Crippen LogP contribution in [0.3, 0.4) is 0 Å². The van der Waals surface area contributed by atoms with E-state index in [4.69, 9.17) is 4.74 Å². The molecule has 1 aliphatic rings. The topological polar surface area (TPSA) is 58.6 Å². The van der Waals surface area contributed by atoms with E-state index in [-0.39, 0.29) is 6.04 Å². The Kier molecular flexibility index (Phi) is 3.64. The van der Waals surface area contributed by atoms with Crippen LogP contribution >= 0.6 is 0 Å². The summed E-state index contributed by atoms with van der Waals surface area (Å²) in [6.45, 7) is 2.02. The Morgan fingerprint density at radius 3 is 3.12 bits per heavy atom. The molecule has 0 saturated carbocycles. The third-order valence-corrected chi connectivity index (χ3v) is 2.99. The summed E-state index contributed by atoms with van der Waals surface area (Å²) < 4.78 is 4.82. The predicted molar refractivity (Wildman–Crippen MR) is 64.8 cm³/mol. The fourth-order valence-electron chi connectivity index (χ4n) is 2.09. The van der Waals surface area contributed by atoms with Gasteiger partial charge in [-0.15, -0.1) is 0 Å². The molecule has 0 amide bonds. The molecule has 2 unspecified atom stereocenters. The molecule has 0 saturated heterocycles. The van der Waals surface area contributed by atoms with Crippen molar-refractivity contribution in [3.05, 3.63) is 29.8 Å². The molecule has 1 aliphatic heterocycles. The van der Waals surface area contributed by atoms with Crippen molar-refractivity contribution >= 4 is 11.7 Å². The maximum absolute atomic E-state index is 11.4. The first-order valence-corrected chi connectivity index (χ1v) is 5.91. The average Bonchev–Trinajstić information content (AvgIpc) is 2.37. The number of benzene rings is 1. The van der Waals surface area contributed by atoms with Crippen molar-refractivity contribution in [3.8, 4) is 0 Å². The zero-order valence-electron chi connectivity index (χ0n) is 9.85. The molecular weight excluding hydrogens is 218 g/mol. The average molecular weight is 235 g/mol. The fraction of sp³-hybridized carbons (Fsp3) is 0.462. The summed E-state index contributed by atoms with van der Waals surface area (Å²) in [4.78, 5) is 11.4. The van der Waals surface area contributed by atoms with Crippen LogP contribution in [0.4, 0.5) is 5.69 Å². The van der Waals surface area contributed by atoms with Gasteiger partial charge in [-0.2, -0.15) is 0 Å². The number of anilines is 1. The maximum atomic E-state index is 11.4. The van der Waals surface area contributed by atoms with Crippen molar-refractivity contribution in [2.24, 2.45) is 0 Å². The lowest BCUT2D eigenvalue weighted by atomic mass is 9.95. The Bertz CT molecular complexity index is 405. The second-order valence-corrected chi connectivity index (χ2v) is 4.14. The molecule has 1 aromatic rings. The molecule has 0 aromatic heterocycles. The second-order valence-electron chi connectivity index (χ2n) is 4.14. The number of aliphatic hydroxyl groups is 1. The van der Waals surface area contributed by atoms with E-state index in [1.807, 2.05) is 18.2 Å². The van der Waals surface area contributed by atoms with Gasteiger partial charge >= 0.3 is 5.97 Å². The number of aliphatic hydroxyl groups excluding tert-OH is 1. The summed E-state index contributed by atoms with van der Waals surface area (Å²) in [6.07, 6.45) is 0.504. The lowest BCUT2D eigenvalue weighted by molar-refractivity contribution is -0.153. The van der Waals surface area contributed by atoms with Gasteiger partial charge in [-0.05, 0) is 31.4 Å². The van der Waals surface area contributed by atoms with Crippen LogP contribution in [0.1, 0.15) is 18.9 Å². The normalized spacial score (nSPS) is 20.0. The van der Waals surface area contributed by atoms with Gasteiger partial charge in [-0.25, -0.2) is 4.79 Å². The van der Waals surface area contributed by atoms with Crippen molar-refractivity contribution in [2.75, 3.05) is 11.9 Å². The highest BCUT2D eigenvalue weighted by atomic mass is 16.5. The lowest BCUT2D eigenvalue weighted by Crippen LogP contribution is -2.42. The number of carbonyl (C=O) groups is 1. The van der Waals surface area contributed by atoms with Crippen LogP contribution < -0.4 is 5.32 Å². The molecule has 4 heteroatoms. The van der Waals surface area contributed by atoms with E-state index >= 15 is 0 Å². The van der Waals surface area contributed by atoms with Gasteiger partial charge in [0, 0.05) is 5.69 Å². The van der Waals surface area contributed by atoms with Crippen molar-refractivity contribution in [3.63, 3.8) is 0 Å². The molecule has 2 atom stereocenters. The number of nitrogens with one attached hydrogen (secondary N) is 1. The minimum atomic E-state index is -1.09. The van der Waals surface area contributed by atoms with Crippen LogP contribution in [0.5, 0.6) is 0 Å².